The van der Waals surface area contributed by atoms with Crippen LogP contribution in [0.15, 0.2) is 36.7 Å². The first-order valence-electron chi connectivity index (χ1n) is 7.68. The zero-order valence-corrected chi connectivity index (χ0v) is 13.3. The van der Waals surface area contributed by atoms with Crippen molar-refractivity contribution in [1.82, 2.24) is 19.8 Å². The highest BCUT2D eigenvalue weighted by Gasteiger charge is 2.30. The van der Waals surface area contributed by atoms with E-state index in [1.807, 2.05) is 22.7 Å². The summed E-state index contributed by atoms with van der Waals surface area (Å²) >= 11 is 0. The highest BCUT2D eigenvalue weighted by molar-refractivity contribution is 5.97. The van der Waals surface area contributed by atoms with E-state index in [1.165, 1.54) is 6.92 Å². The summed E-state index contributed by atoms with van der Waals surface area (Å²) in [5, 5.41) is 3.32. The Morgan fingerprint density at radius 3 is 2.52 bits per heavy atom. The van der Waals surface area contributed by atoms with Crippen LogP contribution in [0.5, 0.6) is 0 Å². The number of carbonyl (C=O) groups is 2. The lowest BCUT2D eigenvalue weighted by molar-refractivity contribution is 0.0620. The summed E-state index contributed by atoms with van der Waals surface area (Å²) < 4.78 is 1.94. The number of rotatable bonds is 3. The molecule has 1 saturated heterocycles. The third-order valence-electron chi connectivity index (χ3n) is 4.20. The quantitative estimate of drug-likeness (QED) is 0.870. The van der Waals surface area contributed by atoms with Gasteiger partial charge in [0.2, 0.25) is 0 Å². The highest BCUT2D eigenvalue weighted by Crippen LogP contribution is 2.23. The van der Waals surface area contributed by atoms with E-state index in [-0.39, 0.29) is 17.7 Å². The normalized spacial score (nSPS) is 18.0. The summed E-state index contributed by atoms with van der Waals surface area (Å²) in [4.78, 5) is 30.5. The number of aromatic nitrogens is 2. The average molecular weight is 312 g/mol. The molecule has 1 N–H and O–H groups in total. The number of ketones is 1. The number of nitrogens with one attached hydrogen (secondary N) is 1. The molecule has 1 aliphatic heterocycles. The van der Waals surface area contributed by atoms with Crippen molar-refractivity contribution in [2.75, 3.05) is 19.6 Å². The van der Waals surface area contributed by atoms with Gasteiger partial charge in [-0.15, -0.1) is 0 Å². The van der Waals surface area contributed by atoms with Crippen LogP contribution >= 0.6 is 0 Å². The third-order valence-corrected chi connectivity index (χ3v) is 4.20. The number of hydrogen-bond donors (Lipinski definition) is 1. The lowest BCUT2D eigenvalue weighted by Crippen LogP contribution is -2.49. The van der Waals surface area contributed by atoms with Crippen LogP contribution in [-0.4, -0.2) is 45.8 Å². The number of hydrogen-bond acceptors (Lipinski definition) is 4. The largest absolute Gasteiger partial charge is 0.336 e. The van der Waals surface area contributed by atoms with Crippen molar-refractivity contribution < 1.29 is 9.59 Å². The summed E-state index contributed by atoms with van der Waals surface area (Å²) in [6, 6.07) is 6.75. The SMILES string of the molecule is CC(=O)c1ccc(C(=O)N2CCNCC2c2nccn2C)cc1. The van der Waals surface area contributed by atoms with Gasteiger partial charge in [0.1, 0.15) is 11.9 Å². The molecule has 2 heterocycles. The number of benzene rings is 1. The van der Waals surface area contributed by atoms with E-state index in [9.17, 15) is 9.59 Å². The molecule has 120 valence electrons. The lowest BCUT2D eigenvalue weighted by Gasteiger charge is -2.35. The predicted molar refractivity (Wildman–Crippen MR) is 86.3 cm³/mol. The first kappa shape index (κ1) is 15.4. The molecule has 0 aliphatic carbocycles. The van der Waals surface area contributed by atoms with Crippen LogP contribution in [0.4, 0.5) is 0 Å². The van der Waals surface area contributed by atoms with Crippen LogP contribution in [0.3, 0.4) is 0 Å². The van der Waals surface area contributed by atoms with Crippen molar-refractivity contribution in [1.29, 1.82) is 0 Å². The zero-order chi connectivity index (χ0) is 16.4. The fourth-order valence-corrected chi connectivity index (χ4v) is 2.89. The number of amides is 1. The molecule has 0 bridgehead atoms. The monoisotopic (exact) mass is 312 g/mol. The predicted octanol–water partition coefficient (Wildman–Crippen LogP) is 1.41. The zero-order valence-electron chi connectivity index (χ0n) is 13.3. The summed E-state index contributed by atoms with van der Waals surface area (Å²) in [6.45, 7) is 3.59. The number of piperazine rings is 1. The Hall–Kier alpha value is -2.47. The number of Topliss-reactive ketones (excluding diaryl/α,β-unsaturated/α-hetero) is 1. The van der Waals surface area contributed by atoms with Gasteiger partial charge in [-0.3, -0.25) is 9.59 Å². The Labute approximate surface area is 135 Å². The maximum atomic E-state index is 12.9. The van der Waals surface area contributed by atoms with Crippen LogP contribution in [0.1, 0.15) is 39.5 Å². The molecule has 1 aliphatic rings. The second kappa shape index (κ2) is 6.34. The molecule has 2 aromatic rings. The summed E-state index contributed by atoms with van der Waals surface area (Å²) in [5.41, 5.74) is 1.21. The first-order valence-corrected chi connectivity index (χ1v) is 7.68. The van der Waals surface area contributed by atoms with Crippen LogP contribution in [0.25, 0.3) is 0 Å². The molecule has 0 spiro atoms. The fraction of sp³-hybridized carbons (Fsp3) is 0.353. The Morgan fingerprint density at radius 2 is 1.91 bits per heavy atom. The van der Waals surface area contributed by atoms with Crippen LogP contribution in [0, 0.1) is 0 Å². The van der Waals surface area contributed by atoms with Gasteiger partial charge in [0.05, 0.1) is 0 Å². The first-order chi connectivity index (χ1) is 11.1. The minimum absolute atomic E-state index is 0.00272. The summed E-state index contributed by atoms with van der Waals surface area (Å²) in [6.07, 6.45) is 3.63. The van der Waals surface area contributed by atoms with Gasteiger partial charge >= 0.3 is 0 Å². The van der Waals surface area contributed by atoms with Gasteiger partial charge < -0.3 is 14.8 Å². The van der Waals surface area contributed by atoms with Crippen molar-refractivity contribution >= 4 is 11.7 Å². The maximum Gasteiger partial charge on any atom is 0.254 e. The number of aryl methyl sites for hydroxylation is 1. The second-order valence-corrected chi connectivity index (χ2v) is 5.75. The van der Waals surface area contributed by atoms with Gasteiger partial charge in [-0.25, -0.2) is 4.98 Å². The molecule has 1 atom stereocenters. The van der Waals surface area contributed by atoms with Crippen LogP contribution in [-0.2, 0) is 7.05 Å². The minimum Gasteiger partial charge on any atom is -0.336 e. The number of imidazole rings is 1. The average Bonchev–Trinajstić information content (AvgIpc) is 3.00. The molecule has 3 rings (SSSR count). The molecule has 6 nitrogen and oxygen atoms in total. The van der Waals surface area contributed by atoms with Crippen LogP contribution < -0.4 is 5.32 Å². The molecular formula is C17H20N4O2. The fourth-order valence-electron chi connectivity index (χ4n) is 2.89. The van der Waals surface area contributed by atoms with E-state index in [4.69, 9.17) is 0 Å². The minimum atomic E-state index is -0.0938. The van der Waals surface area contributed by atoms with E-state index in [0.29, 0.717) is 24.2 Å². The van der Waals surface area contributed by atoms with Gasteiger partial charge in [-0.1, -0.05) is 12.1 Å². The maximum absolute atomic E-state index is 12.9. The molecule has 0 saturated carbocycles. The van der Waals surface area contributed by atoms with E-state index < -0.39 is 0 Å². The molecule has 6 heteroatoms. The van der Waals surface area contributed by atoms with Gasteiger partial charge in [-0.2, -0.15) is 0 Å². The topological polar surface area (TPSA) is 67.2 Å². The van der Waals surface area contributed by atoms with E-state index in [2.05, 4.69) is 10.3 Å². The van der Waals surface area contributed by atoms with Crippen molar-refractivity contribution in [2.24, 2.45) is 7.05 Å². The molecule has 1 unspecified atom stereocenters. The van der Waals surface area contributed by atoms with Gasteiger partial charge in [0, 0.05) is 50.2 Å². The molecule has 1 fully saturated rings. The van der Waals surface area contributed by atoms with Crippen molar-refractivity contribution in [3.63, 3.8) is 0 Å². The van der Waals surface area contributed by atoms with Crippen molar-refractivity contribution in [3.8, 4) is 0 Å². The Morgan fingerprint density at radius 1 is 1.22 bits per heavy atom. The molecule has 1 amide bonds. The van der Waals surface area contributed by atoms with Crippen molar-refractivity contribution in [2.45, 2.75) is 13.0 Å². The molecule has 1 aromatic heterocycles. The molecule has 1 aromatic carbocycles. The van der Waals surface area contributed by atoms with Gasteiger partial charge in [0.25, 0.3) is 5.91 Å². The number of carbonyl (C=O) groups excluding carboxylic acids is 2. The van der Waals surface area contributed by atoms with E-state index >= 15 is 0 Å². The highest BCUT2D eigenvalue weighted by atomic mass is 16.2. The van der Waals surface area contributed by atoms with Crippen molar-refractivity contribution in [3.05, 3.63) is 53.6 Å². The Bertz CT molecular complexity index is 720. The summed E-state index contributed by atoms with van der Waals surface area (Å²) in [5.74, 6) is 0.831. The number of nitrogens with zero attached hydrogens (tertiary/aromatic N) is 3. The Balaban J connectivity index is 1.86. The van der Waals surface area contributed by atoms with E-state index in [1.54, 1.807) is 30.5 Å². The molecule has 23 heavy (non-hydrogen) atoms. The van der Waals surface area contributed by atoms with Gasteiger partial charge in [0.15, 0.2) is 5.78 Å². The van der Waals surface area contributed by atoms with E-state index in [0.717, 1.165) is 12.4 Å². The molecule has 0 radical (unpaired) electrons. The standard InChI is InChI=1S/C17H20N4O2/c1-12(22)13-3-5-14(6-4-13)17(23)21-10-7-18-11-15(21)16-19-8-9-20(16)2/h3-6,8-9,15,18H,7,10-11H2,1-2H3. The van der Waals surface area contributed by atoms with Crippen LogP contribution in [0.2, 0.25) is 0 Å². The smallest absolute Gasteiger partial charge is 0.254 e. The van der Waals surface area contributed by atoms with Gasteiger partial charge in [-0.05, 0) is 19.1 Å². The third kappa shape index (κ3) is 3.03. The molecular weight excluding hydrogens is 292 g/mol. The second-order valence-electron chi connectivity index (χ2n) is 5.75. The lowest BCUT2D eigenvalue weighted by atomic mass is 10.1. The summed E-state index contributed by atoms with van der Waals surface area (Å²) in [7, 11) is 1.93. The Kier molecular flexibility index (Phi) is 4.25.